The van der Waals surface area contributed by atoms with Crippen LogP contribution in [0.25, 0.3) is 0 Å². The number of hydrogen-bond donors (Lipinski definition) is 2. The monoisotopic (exact) mass is 277 g/mol. The Morgan fingerprint density at radius 2 is 1.94 bits per heavy atom. The fourth-order valence-corrected chi connectivity index (χ4v) is 3.05. The molecule has 2 N–H and O–H groups in total. The maximum absolute atomic E-state index is 11.3. The zero-order valence-electron chi connectivity index (χ0n) is 11.8. The summed E-state index contributed by atoms with van der Waals surface area (Å²) in [5.74, 6) is 0.826. The van der Waals surface area contributed by atoms with Crippen molar-refractivity contribution in [2.24, 2.45) is 5.92 Å². The third-order valence-corrected chi connectivity index (χ3v) is 5.30. The molecule has 1 aliphatic heterocycles. The molecule has 1 rings (SSSR count). The van der Waals surface area contributed by atoms with E-state index >= 15 is 0 Å². The Labute approximate surface area is 111 Å². The van der Waals surface area contributed by atoms with Crippen LogP contribution in [0.15, 0.2) is 0 Å². The first-order valence-corrected chi connectivity index (χ1v) is 8.50. The van der Waals surface area contributed by atoms with Crippen molar-refractivity contribution in [3.8, 4) is 0 Å². The van der Waals surface area contributed by atoms with Crippen molar-refractivity contribution in [3.05, 3.63) is 0 Å². The van der Waals surface area contributed by atoms with Gasteiger partial charge in [0.05, 0.1) is 5.75 Å². The van der Waals surface area contributed by atoms with E-state index in [2.05, 4.69) is 28.8 Å². The summed E-state index contributed by atoms with van der Waals surface area (Å²) < 4.78 is 24.9. The van der Waals surface area contributed by atoms with Gasteiger partial charge in [0, 0.05) is 12.6 Å². The van der Waals surface area contributed by atoms with Gasteiger partial charge in [0.2, 0.25) is 10.0 Å². The lowest BCUT2D eigenvalue weighted by Gasteiger charge is -2.34. The molecule has 6 heteroatoms. The topological polar surface area (TPSA) is 61.4 Å². The van der Waals surface area contributed by atoms with Gasteiger partial charge in [-0.05, 0) is 52.4 Å². The Morgan fingerprint density at radius 1 is 1.33 bits per heavy atom. The SMILES string of the molecule is CCN1CCC(C(C)NCCS(=O)(=O)NC)CC1. The summed E-state index contributed by atoms with van der Waals surface area (Å²) in [7, 11) is -1.62. The van der Waals surface area contributed by atoms with Gasteiger partial charge in [0.15, 0.2) is 0 Å². The summed E-state index contributed by atoms with van der Waals surface area (Å²) in [6, 6.07) is 0.399. The second-order valence-electron chi connectivity index (χ2n) is 5.04. The summed E-state index contributed by atoms with van der Waals surface area (Å²) in [5, 5.41) is 3.34. The van der Waals surface area contributed by atoms with Crippen LogP contribution in [0.4, 0.5) is 0 Å². The fourth-order valence-electron chi connectivity index (χ4n) is 2.46. The molecular formula is C12H27N3O2S. The highest BCUT2D eigenvalue weighted by Gasteiger charge is 2.22. The lowest BCUT2D eigenvalue weighted by Crippen LogP contribution is -2.43. The molecular weight excluding hydrogens is 250 g/mol. The molecule has 108 valence electrons. The van der Waals surface area contributed by atoms with Crippen LogP contribution < -0.4 is 10.0 Å². The van der Waals surface area contributed by atoms with E-state index in [1.165, 1.54) is 33.0 Å². The fraction of sp³-hybridized carbons (Fsp3) is 1.00. The minimum absolute atomic E-state index is 0.154. The van der Waals surface area contributed by atoms with Crippen molar-refractivity contribution in [2.75, 3.05) is 39.0 Å². The van der Waals surface area contributed by atoms with E-state index in [0.717, 1.165) is 6.54 Å². The molecule has 1 saturated heterocycles. The third-order valence-electron chi connectivity index (χ3n) is 3.93. The van der Waals surface area contributed by atoms with E-state index in [1.807, 2.05) is 0 Å². The molecule has 0 saturated carbocycles. The Hall–Kier alpha value is -0.170. The second-order valence-corrected chi connectivity index (χ2v) is 7.08. The number of nitrogens with zero attached hydrogens (tertiary/aromatic N) is 1. The Kier molecular flexibility index (Phi) is 6.55. The summed E-state index contributed by atoms with van der Waals surface area (Å²) in [4.78, 5) is 2.47. The van der Waals surface area contributed by atoms with Gasteiger partial charge >= 0.3 is 0 Å². The van der Waals surface area contributed by atoms with Crippen molar-refractivity contribution < 1.29 is 8.42 Å². The first kappa shape index (κ1) is 15.9. The lowest BCUT2D eigenvalue weighted by molar-refractivity contribution is 0.170. The normalized spacial score (nSPS) is 21.1. The highest BCUT2D eigenvalue weighted by Crippen LogP contribution is 2.20. The number of piperidine rings is 1. The predicted molar refractivity (Wildman–Crippen MR) is 75.1 cm³/mol. The van der Waals surface area contributed by atoms with Crippen molar-refractivity contribution in [1.82, 2.24) is 14.9 Å². The molecule has 0 bridgehead atoms. The van der Waals surface area contributed by atoms with Gasteiger partial charge in [-0.1, -0.05) is 6.92 Å². The molecule has 1 atom stereocenters. The Bertz CT molecular complexity index is 324. The van der Waals surface area contributed by atoms with E-state index in [-0.39, 0.29) is 5.75 Å². The van der Waals surface area contributed by atoms with Gasteiger partial charge in [0.1, 0.15) is 0 Å². The van der Waals surface area contributed by atoms with Gasteiger partial charge in [-0.2, -0.15) is 0 Å². The molecule has 1 heterocycles. The largest absolute Gasteiger partial charge is 0.313 e. The zero-order chi connectivity index (χ0) is 13.6. The minimum atomic E-state index is -3.08. The van der Waals surface area contributed by atoms with E-state index < -0.39 is 10.0 Å². The molecule has 1 aliphatic rings. The first-order valence-electron chi connectivity index (χ1n) is 6.85. The van der Waals surface area contributed by atoms with Gasteiger partial charge in [-0.15, -0.1) is 0 Å². The van der Waals surface area contributed by atoms with Gasteiger partial charge < -0.3 is 10.2 Å². The molecule has 0 aliphatic carbocycles. The van der Waals surface area contributed by atoms with Crippen LogP contribution in [0.2, 0.25) is 0 Å². The summed E-state index contributed by atoms with van der Waals surface area (Å²) in [6.45, 7) is 8.36. The van der Waals surface area contributed by atoms with E-state index in [9.17, 15) is 8.42 Å². The van der Waals surface area contributed by atoms with Crippen LogP contribution in [-0.2, 0) is 10.0 Å². The maximum Gasteiger partial charge on any atom is 0.212 e. The number of hydrogen-bond acceptors (Lipinski definition) is 4. The second kappa shape index (κ2) is 7.43. The predicted octanol–water partition coefficient (Wildman–Crippen LogP) is 0.246. The standard InChI is InChI=1S/C12H27N3O2S/c1-4-15-8-5-12(6-9-15)11(2)14-7-10-18(16,17)13-3/h11-14H,4-10H2,1-3H3. The molecule has 0 aromatic carbocycles. The molecule has 1 fully saturated rings. The molecule has 1 unspecified atom stereocenters. The first-order chi connectivity index (χ1) is 8.48. The van der Waals surface area contributed by atoms with Crippen LogP contribution in [0.1, 0.15) is 26.7 Å². The average Bonchev–Trinajstić information content (AvgIpc) is 2.38. The highest BCUT2D eigenvalue weighted by molar-refractivity contribution is 7.89. The van der Waals surface area contributed by atoms with Crippen LogP contribution in [0.3, 0.4) is 0 Å². The van der Waals surface area contributed by atoms with E-state index in [0.29, 0.717) is 18.5 Å². The third kappa shape index (κ3) is 5.22. The van der Waals surface area contributed by atoms with Crippen molar-refractivity contribution in [3.63, 3.8) is 0 Å². The Balaban J connectivity index is 2.23. The van der Waals surface area contributed by atoms with Gasteiger partial charge in [-0.3, -0.25) is 0 Å². The van der Waals surface area contributed by atoms with E-state index in [1.54, 1.807) is 0 Å². The number of likely N-dealkylation sites (tertiary alicyclic amines) is 1. The summed E-state index contributed by atoms with van der Waals surface area (Å²) in [5.41, 5.74) is 0. The maximum atomic E-state index is 11.3. The van der Waals surface area contributed by atoms with Crippen LogP contribution in [0, 0.1) is 5.92 Å². The molecule has 0 amide bonds. The zero-order valence-corrected chi connectivity index (χ0v) is 12.6. The number of rotatable bonds is 7. The quantitative estimate of drug-likeness (QED) is 0.700. The average molecular weight is 277 g/mol. The van der Waals surface area contributed by atoms with Crippen molar-refractivity contribution >= 4 is 10.0 Å². The molecule has 0 radical (unpaired) electrons. The van der Waals surface area contributed by atoms with Crippen LogP contribution in [0.5, 0.6) is 0 Å². The number of nitrogens with one attached hydrogen (secondary N) is 2. The van der Waals surface area contributed by atoms with Gasteiger partial charge in [0.25, 0.3) is 0 Å². The van der Waals surface area contributed by atoms with E-state index in [4.69, 9.17) is 0 Å². The summed E-state index contributed by atoms with van der Waals surface area (Å²) in [6.07, 6.45) is 2.42. The van der Waals surface area contributed by atoms with Crippen LogP contribution >= 0.6 is 0 Å². The van der Waals surface area contributed by atoms with Crippen molar-refractivity contribution in [1.29, 1.82) is 0 Å². The highest BCUT2D eigenvalue weighted by atomic mass is 32.2. The Morgan fingerprint density at radius 3 is 2.44 bits per heavy atom. The number of sulfonamides is 1. The molecule has 0 aromatic rings. The molecule has 0 spiro atoms. The molecule has 5 nitrogen and oxygen atoms in total. The van der Waals surface area contributed by atoms with Crippen LogP contribution in [-0.4, -0.2) is 58.3 Å². The molecule has 0 aromatic heterocycles. The summed E-state index contributed by atoms with van der Waals surface area (Å²) >= 11 is 0. The minimum Gasteiger partial charge on any atom is -0.313 e. The smallest absolute Gasteiger partial charge is 0.212 e. The van der Waals surface area contributed by atoms with Gasteiger partial charge in [-0.25, -0.2) is 13.1 Å². The lowest BCUT2D eigenvalue weighted by atomic mass is 9.90. The molecule has 18 heavy (non-hydrogen) atoms. The van der Waals surface area contributed by atoms with Crippen molar-refractivity contribution in [2.45, 2.75) is 32.7 Å².